The minimum atomic E-state index is 0.791. The van der Waals surface area contributed by atoms with Crippen molar-refractivity contribution in [3.63, 3.8) is 0 Å². The van der Waals surface area contributed by atoms with Crippen LogP contribution in [0.5, 0.6) is 0 Å². The molecule has 0 aromatic rings. The molecule has 0 atom stereocenters. The molecule has 0 heterocycles. The standard InChI is InChI=1S/C10H19N/c1-8(2)6-11-7-10-3-9(4-10)5-10/h8-9,11H,3-7H2,1-2H3. The Morgan fingerprint density at radius 3 is 2.36 bits per heavy atom. The maximum Gasteiger partial charge on any atom is 0.000822 e. The molecular formula is C10H19N. The molecule has 1 nitrogen and oxygen atoms in total. The van der Waals surface area contributed by atoms with Gasteiger partial charge in [-0.05, 0) is 43.1 Å². The Balaban J connectivity index is 1.60. The molecule has 3 rings (SSSR count). The monoisotopic (exact) mass is 153 g/mol. The fourth-order valence-electron chi connectivity index (χ4n) is 2.50. The van der Waals surface area contributed by atoms with Gasteiger partial charge in [-0.2, -0.15) is 0 Å². The SMILES string of the molecule is CC(C)CNCC12CC(C1)C2. The maximum atomic E-state index is 3.57. The van der Waals surface area contributed by atoms with Gasteiger partial charge in [0.2, 0.25) is 0 Å². The van der Waals surface area contributed by atoms with E-state index in [0.717, 1.165) is 17.3 Å². The first-order valence-electron chi connectivity index (χ1n) is 4.91. The van der Waals surface area contributed by atoms with Crippen LogP contribution in [0.25, 0.3) is 0 Å². The zero-order valence-electron chi connectivity index (χ0n) is 7.69. The molecule has 0 saturated heterocycles. The Labute approximate surface area is 69.6 Å². The van der Waals surface area contributed by atoms with Crippen LogP contribution in [0.15, 0.2) is 0 Å². The zero-order valence-corrected chi connectivity index (χ0v) is 7.69. The third-order valence-electron chi connectivity index (χ3n) is 3.22. The van der Waals surface area contributed by atoms with E-state index in [0.29, 0.717) is 0 Å². The lowest BCUT2D eigenvalue weighted by molar-refractivity contribution is -0.103. The number of nitrogens with one attached hydrogen (secondary N) is 1. The summed E-state index contributed by atoms with van der Waals surface area (Å²) in [7, 11) is 0. The fraction of sp³-hybridized carbons (Fsp3) is 1.00. The second kappa shape index (κ2) is 2.48. The summed E-state index contributed by atoms with van der Waals surface area (Å²) in [5, 5.41) is 3.57. The predicted molar refractivity (Wildman–Crippen MR) is 47.5 cm³/mol. The smallest absolute Gasteiger partial charge is 0.000822 e. The van der Waals surface area contributed by atoms with Gasteiger partial charge >= 0.3 is 0 Å². The summed E-state index contributed by atoms with van der Waals surface area (Å²) in [4.78, 5) is 0. The van der Waals surface area contributed by atoms with E-state index in [2.05, 4.69) is 19.2 Å². The molecule has 0 aliphatic heterocycles. The summed E-state index contributed by atoms with van der Waals surface area (Å²) in [6.45, 7) is 7.04. The topological polar surface area (TPSA) is 12.0 Å². The van der Waals surface area contributed by atoms with Gasteiger partial charge < -0.3 is 5.32 Å². The number of hydrogen-bond donors (Lipinski definition) is 1. The molecule has 3 saturated carbocycles. The predicted octanol–water partition coefficient (Wildman–Crippen LogP) is 2.03. The van der Waals surface area contributed by atoms with E-state index >= 15 is 0 Å². The molecule has 0 spiro atoms. The lowest BCUT2D eigenvalue weighted by atomic mass is 9.44. The highest BCUT2D eigenvalue weighted by Crippen LogP contribution is 2.63. The van der Waals surface area contributed by atoms with Crippen molar-refractivity contribution < 1.29 is 0 Å². The first-order chi connectivity index (χ1) is 5.20. The first-order valence-corrected chi connectivity index (χ1v) is 4.91. The minimum absolute atomic E-state index is 0.791. The van der Waals surface area contributed by atoms with Crippen molar-refractivity contribution in [1.82, 2.24) is 5.32 Å². The Hall–Kier alpha value is -0.0400. The van der Waals surface area contributed by atoms with Gasteiger partial charge in [-0.1, -0.05) is 13.8 Å². The summed E-state index contributed by atoms with van der Waals surface area (Å²) < 4.78 is 0. The fourth-order valence-corrected chi connectivity index (χ4v) is 2.50. The average Bonchev–Trinajstić information content (AvgIpc) is 1.71. The maximum absolute atomic E-state index is 3.57. The van der Waals surface area contributed by atoms with E-state index in [1.165, 1.54) is 32.4 Å². The quantitative estimate of drug-likeness (QED) is 0.651. The highest BCUT2D eigenvalue weighted by molar-refractivity contribution is 5.07. The van der Waals surface area contributed by atoms with Crippen LogP contribution in [0.3, 0.4) is 0 Å². The van der Waals surface area contributed by atoms with Crippen molar-refractivity contribution in [3.8, 4) is 0 Å². The van der Waals surface area contributed by atoms with Crippen LogP contribution in [-0.2, 0) is 0 Å². The van der Waals surface area contributed by atoms with Crippen molar-refractivity contribution >= 4 is 0 Å². The molecule has 3 aliphatic carbocycles. The van der Waals surface area contributed by atoms with Gasteiger partial charge in [0.1, 0.15) is 0 Å². The molecule has 64 valence electrons. The number of rotatable bonds is 4. The zero-order chi connectivity index (χ0) is 7.90. The molecule has 11 heavy (non-hydrogen) atoms. The minimum Gasteiger partial charge on any atom is -0.316 e. The van der Waals surface area contributed by atoms with E-state index in [9.17, 15) is 0 Å². The molecule has 0 amide bonds. The highest BCUT2D eigenvalue weighted by Gasteiger charge is 2.55. The van der Waals surface area contributed by atoms with E-state index in [-0.39, 0.29) is 0 Å². The Bertz CT molecular complexity index is 134. The van der Waals surface area contributed by atoms with Crippen LogP contribution in [-0.4, -0.2) is 13.1 Å². The summed E-state index contributed by atoms with van der Waals surface area (Å²) >= 11 is 0. The van der Waals surface area contributed by atoms with Gasteiger partial charge in [0.25, 0.3) is 0 Å². The number of hydrogen-bond acceptors (Lipinski definition) is 1. The molecule has 0 aromatic carbocycles. The van der Waals surface area contributed by atoms with Crippen molar-refractivity contribution in [2.24, 2.45) is 17.3 Å². The van der Waals surface area contributed by atoms with Crippen molar-refractivity contribution in [3.05, 3.63) is 0 Å². The summed E-state index contributed by atoms with van der Waals surface area (Å²) in [5.74, 6) is 1.94. The average molecular weight is 153 g/mol. The molecule has 3 fully saturated rings. The second-order valence-corrected chi connectivity index (χ2v) is 5.00. The molecular weight excluding hydrogens is 134 g/mol. The van der Waals surface area contributed by atoms with Crippen LogP contribution in [0, 0.1) is 17.3 Å². The normalized spacial score (nSPS) is 40.1. The van der Waals surface area contributed by atoms with Gasteiger partial charge in [-0.3, -0.25) is 0 Å². The van der Waals surface area contributed by atoms with E-state index in [4.69, 9.17) is 0 Å². The van der Waals surface area contributed by atoms with Crippen molar-refractivity contribution in [1.29, 1.82) is 0 Å². The summed E-state index contributed by atoms with van der Waals surface area (Å²) in [6.07, 6.45) is 4.58. The first kappa shape index (κ1) is 7.60. The van der Waals surface area contributed by atoms with E-state index in [1.807, 2.05) is 0 Å². The molecule has 1 heteroatoms. The molecule has 0 unspecified atom stereocenters. The molecule has 0 radical (unpaired) electrons. The van der Waals surface area contributed by atoms with Crippen molar-refractivity contribution in [2.75, 3.05) is 13.1 Å². The molecule has 2 bridgehead atoms. The Morgan fingerprint density at radius 1 is 1.36 bits per heavy atom. The van der Waals surface area contributed by atoms with E-state index < -0.39 is 0 Å². The van der Waals surface area contributed by atoms with Crippen LogP contribution in [0.1, 0.15) is 33.1 Å². The van der Waals surface area contributed by atoms with Crippen LogP contribution in [0.4, 0.5) is 0 Å². The largest absolute Gasteiger partial charge is 0.316 e. The Kier molecular flexibility index (Phi) is 1.71. The summed E-state index contributed by atoms with van der Waals surface area (Å²) in [6, 6.07) is 0. The lowest BCUT2D eigenvalue weighted by Gasteiger charge is -2.62. The molecule has 0 aromatic heterocycles. The van der Waals surface area contributed by atoms with Gasteiger partial charge in [0, 0.05) is 6.54 Å². The summed E-state index contributed by atoms with van der Waals surface area (Å²) in [5.41, 5.74) is 0.791. The second-order valence-electron chi connectivity index (χ2n) is 5.00. The van der Waals surface area contributed by atoms with Gasteiger partial charge in [-0.25, -0.2) is 0 Å². The van der Waals surface area contributed by atoms with Gasteiger partial charge in [-0.15, -0.1) is 0 Å². The lowest BCUT2D eigenvalue weighted by Crippen LogP contribution is -2.57. The molecule has 3 aliphatic rings. The van der Waals surface area contributed by atoms with Gasteiger partial charge in [0.15, 0.2) is 0 Å². The molecule has 1 N–H and O–H groups in total. The van der Waals surface area contributed by atoms with Crippen LogP contribution >= 0.6 is 0 Å². The highest BCUT2D eigenvalue weighted by atomic mass is 14.9. The van der Waals surface area contributed by atoms with Crippen LogP contribution in [0.2, 0.25) is 0 Å². The third kappa shape index (κ3) is 1.31. The van der Waals surface area contributed by atoms with Gasteiger partial charge in [0.05, 0.1) is 0 Å². The van der Waals surface area contributed by atoms with Crippen molar-refractivity contribution in [2.45, 2.75) is 33.1 Å². The third-order valence-corrected chi connectivity index (χ3v) is 3.22. The van der Waals surface area contributed by atoms with Crippen LogP contribution < -0.4 is 5.32 Å². The Morgan fingerprint density at radius 2 is 2.00 bits per heavy atom. The van der Waals surface area contributed by atoms with E-state index in [1.54, 1.807) is 0 Å².